The van der Waals surface area contributed by atoms with Crippen LogP contribution in [0.1, 0.15) is 11.3 Å². The van der Waals surface area contributed by atoms with E-state index in [1.807, 2.05) is 54.7 Å². The Morgan fingerprint density at radius 3 is 2.73 bits per heavy atom. The van der Waals surface area contributed by atoms with Gasteiger partial charge in [-0.2, -0.15) is 0 Å². The van der Waals surface area contributed by atoms with Gasteiger partial charge in [0.2, 0.25) is 6.10 Å². The van der Waals surface area contributed by atoms with Crippen LogP contribution in [0.4, 0.5) is 0 Å². The summed E-state index contributed by atoms with van der Waals surface area (Å²) in [7, 11) is 1.64. The van der Waals surface area contributed by atoms with E-state index >= 15 is 0 Å². The number of hydrogen-bond acceptors (Lipinski definition) is 6. The normalized spacial score (nSPS) is 17.2. The molecule has 7 heteroatoms. The van der Waals surface area contributed by atoms with E-state index in [2.05, 4.69) is 4.98 Å². The molecule has 0 bridgehead atoms. The van der Waals surface area contributed by atoms with Crippen LogP contribution in [0.15, 0.2) is 54.7 Å². The Morgan fingerprint density at radius 2 is 1.93 bits per heavy atom. The van der Waals surface area contributed by atoms with Crippen LogP contribution in [0.25, 0.3) is 11.4 Å². The number of aromatic nitrogens is 2. The molecule has 1 aromatic heterocycles. The molecule has 152 valence electrons. The third-order valence-corrected chi connectivity index (χ3v) is 5.38. The van der Waals surface area contributed by atoms with Gasteiger partial charge in [0.1, 0.15) is 12.4 Å². The summed E-state index contributed by atoms with van der Waals surface area (Å²) in [5, 5.41) is 0. The maximum atomic E-state index is 13.0. The lowest BCUT2D eigenvalue weighted by molar-refractivity contribution is -0.142. The van der Waals surface area contributed by atoms with Gasteiger partial charge in [0.15, 0.2) is 17.3 Å². The van der Waals surface area contributed by atoms with Crippen LogP contribution in [0.2, 0.25) is 0 Å². The average molecular weight is 403 g/mol. The van der Waals surface area contributed by atoms with Gasteiger partial charge in [-0.3, -0.25) is 4.79 Å². The van der Waals surface area contributed by atoms with E-state index in [0.29, 0.717) is 36.8 Å². The Labute approximate surface area is 174 Å². The van der Waals surface area contributed by atoms with Crippen LogP contribution < -0.4 is 14.2 Å². The van der Waals surface area contributed by atoms with E-state index in [1.54, 1.807) is 12.0 Å². The van der Waals surface area contributed by atoms with Gasteiger partial charge in [-0.05, 0) is 36.4 Å². The molecule has 0 spiro atoms. The largest absolute Gasteiger partial charge is 0.497 e. The number of amides is 1. The molecule has 2 aromatic carbocycles. The molecule has 1 amide bonds. The maximum Gasteiger partial charge on any atom is 0.267 e. The first-order valence-corrected chi connectivity index (χ1v) is 9.88. The summed E-state index contributed by atoms with van der Waals surface area (Å²) in [5.74, 6) is 2.67. The molecule has 5 rings (SSSR count). The van der Waals surface area contributed by atoms with Gasteiger partial charge < -0.3 is 19.1 Å². The van der Waals surface area contributed by atoms with Crippen LogP contribution in [-0.4, -0.2) is 47.1 Å². The number of carbonyl (C=O) groups is 1. The van der Waals surface area contributed by atoms with Gasteiger partial charge in [-0.25, -0.2) is 9.97 Å². The molecule has 0 saturated heterocycles. The smallest absolute Gasteiger partial charge is 0.267 e. The quantitative estimate of drug-likeness (QED) is 0.670. The van der Waals surface area contributed by atoms with Crippen molar-refractivity contribution < 1.29 is 19.0 Å². The van der Waals surface area contributed by atoms with Crippen LogP contribution in [0.3, 0.4) is 0 Å². The minimum absolute atomic E-state index is 0.0746. The Hall–Kier alpha value is -3.61. The zero-order valence-corrected chi connectivity index (χ0v) is 16.6. The van der Waals surface area contributed by atoms with E-state index in [-0.39, 0.29) is 12.5 Å². The second-order valence-electron chi connectivity index (χ2n) is 7.27. The zero-order valence-electron chi connectivity index (χ0n) is 16.6. The first kappa shape index (κ1) is 18.4. The number of para-hydroxylation sites is 2. The van der Waals surface area contributed by atoms with Crippen molar-refractivity contribution in [3.05, 3.63) is 66.0 Å². The highest BCUT2D eigenvalue weighted by atomic mass is 16.6. The number of carbonyl (C=O) groups excluding carboxylic acids is 1. The fraction of sp³-hybridized carbons (Fsp3) is 0.261. The van der Waals surface area contributed by atoms with Crippen LogP contribution in [-0.2, 0) is 17.8 Å². The summed E-state index contributed by atoms with van der Waals surface area (Å²) in [4.78, 5) is 24.0. The number of fused-ring (bicyclic) bond motifs is 2. The molecule has 3 aromatic rings. The first-order valence-electron chi connectivity index (χ1n) is 9.88. The fourth-order valence-corrected chi connectivity index (χ4v) is 3.73. The van der Waals surface area contributed by atoms with Crippen molar-refractivity contribution in [2.24, 2.45) is 0 Å². The van der Waals surface area contributed by atoms with Crippen molar-refractivity contribution in [1.29, 1.82) is 0 Å². The molecule has 1 atom stereocenters. The number of hydrogen-bond donors (Lipinski definition) is 0. The first-order chi connectivity index (χ1) is 14.7. The number of benzene rings is 2. The summed E-state index contributed by atoms with van der Waals surface area (Å²) in [6, 6.07) is 15.1. The second kappa shape index (κ2) is 7.67. The summed E-state index contributed by atoms with van der Waals surface area (Å²) in [6.45, 7) is 1.27. The molecule has 7 nitrogen and oxygen atoms in total. The Kier molecular flexibility index (Phi) is 4.71. The van der Waals surface area contributed by atoms with E-state index in [9.17, 15) is 4.79 Å². The van der Waals surface area contributed by atoms with E-state index in [1.165, 1.54) is 0 Å². The second-order valence-corrected chi connectivity index (χ2v) is 7.27. The molecule has 1 unspecified atom stereocenters. The van der Waals surface area contributed by atoms with Crippen molar-refractivity contribution in [1.82, 2.24) is 14.9 Å². The standard InChI is InChI=1S/C23H21N3O4/c1-28-17-8-6-15(7-9-17)22-24-12-16-13-26(11-10-18(16)25-22)23(27)21-14-29-19-4-2-3-5-20(19)30-21/h2-9,12,21H,10-11,13-14H2,1H3. The molecule has 2 aliphatic heterocycles. The molecule has 0 N–H and O–H groups in total. The average Bonchev–Trinajstić information content (AvgIpc) is 2.82. The lowest BCUT2D eigenvalue weighted by Gasteiger charge is -2.33. The van der Waals surface area contributed by atoms with Gasteiger partial charge in [-0.15, -0.1) is 0 Å². The lowest BCUT2D eigenvalue weighted by atomic mass is 10.1. The van der Waals surface area contributed by atoms with Crippen molar-refractivity contribution in [2.45, 2.75) is 19.1 Å². The van der Waals surface area contributed by atoms with Gasteiger partial charge in [-0.1, -0.05) is 12.1 Å². The molecule has 3 heterocycles. The highest BCUT2D eigenvalue weighted by Crippen LogP contribution is 2.32. The molecule has 0 aliphatic carbocycles. The summed E-state index contributed by atoms with van der Waals surface area (Å²) in [6.07, 6.45) is 1.85. The lowest BCUT2D eigenvalue weighted by Crippen LogP contribution is -2.48. The van der Waals surface area contributed by atoms with Gasteiger partial charge in [0.25, 0.3) is 5.91 Å². The number of ether oxygens (including phenoxy) is 3. The fourth-order valence-electron chi connectivity index (χ4n) is 3.73. The SMILES string of the molecule is COc1ccc(-c2ncc3c(n2)CCN(C(=O)C2COc4ccccc4O2)C3)cc1. The van der Waals surface area contributed by atoms with E-state index in [4.69, 9.17) is 19.2 Å². The highest BCUT2D eigenvalue weighted by Gasteiger charge is 2.33. The van der Waals surface area contributed by atoms with Crippen LogP contribution >= 0.6 is 0 Å². The topological polar surface area (TPSA) is 73.8 Å². The number of methoxy groups -OCH3 is 1. The van der Waals surface area contributed by atoms with Crippen LogP contribution in [0.5, 0.6) is 17.2 Å². The zero-order chi connectivity index (χ0) is 20.5. The molecular weight excluding hydrogens is 382 g/mol. The summed E-state index contributed by atoms with van der Waals surface area (Å²) >= 11 is 0. The predicted octanol–water partition coefficient (Wildman–Crippen LogP) is 2.88. The maximum absolute atomic E-state index is 13.0. The third-order valence-electron chi connectivity index (χ3n) is 5.38. The van der Waals surface area contributed by atoms with Gasteiger partial charge >= 0.3 is 0 Å². The number of rotatable bonds is 3. The van der Waals surface area contributed by atoms with Crippen molar-refractivity contribution in [3.8, 4) is 28.6 Å². The van der Waals surface area contributed by atoms with Gasteiger partial charge in [0, 0.05) is 36.8 Å². The molecule has 0 fully saturated rings. The third kappa shape index (κ3) is 3.43. The minimum atomic E-state index is -0.638. The van der Waals surface area contributed by atoms with E-state index in [0.717, 1.165) is 22.6 Å². The molecule has 30 heavy (non-hydrogen) atoms. The molecule has 0 saturated carbocycles. The molecule has 2 aliphatic rings. The monoisotopic (exact) mass is 403 g/mol. The highest BCUT2D eigenvalue weighted by molar-refractivity contribution is 5.82. The minimum Gasteiger partial charge on any atom is -0.497 e. The van der Waals surface area contributed by atoms with E-state index < -0.39 is 6.10 Å². The summed E-state index contributed by atoms with van der Waals surface area (Å²) in [5.41, 5.74) is 2.87. The Bertz CT molecular complexity index is 1080. The Morgan fingerprint density at radius 1 is 1.13 bits per heavy atom. The number of nitrogens with zero attached hydrogens (tertiary/aromatic N) is 3. The van der Waals surface area contributed by atoms with Gasteiger partial charge in [0.05, 0.1) is 12.8 Å². The van der Waals surface area contributed by atoms with Crippen molar-refractivity contribution >= 4 is 5.91 Å². The van der Waals surface area contributed by atoms with Crippen molar-refractivity contribution in [3.63, 3.8) is 0 Å². The Balaban J connectivity index is 1.30. The molecule has 0 radical (unpaired) electrons. The van der Waals surface area contributed by atoms with Crippen molar-refractivity contribution in [2.75, 3.05) is 20.3 Å². The molecular formula is C23H21N3O4. The van der Waals surface area contributed by atoms with Crippen LogP contribution in [0, 0.1) is 0 Å². The predicted molar refractivity (Wildman–Crippen MR) is 109 cm³/mol. The summed E-state index contributed by atoms with van der Waals surface area (Å²) < 4.78 is 16.8.